The SMILES string of the molecule is CC(Cc1cccs1)NCc1cccc(C(N)=O)c1. The first kappa shape index (κ1) is 13.8. The summed E-state index contributed by atoms with van der Waals surface area (Å²) in [6.45, 7) is 2.91. The van der Waals surface area contributed by atoms with Gasteiger partial charge in [-0.05, 0) is 42.5 Å². The second-order valence-corrected chi connectivity index (χ2v) is 5.66. The maximum Gasteiger partial charge on any atom is 0.248 e. The summed E-state index contributed by atoms with van der Waals surface area (Å²) < 4.78 is 0. The Bertz CT molecular complexity index is 537. The van der Waals surface area contributed by atoms with Crippen LogP contribution in [0, 0.1) is 0 Å². The van der Waals surface area contributed by atoms with Gasteiger partial charge in [-0.15, -0.1) is 11.3 Å². The first-order chi connectivity index (χ1) is 9.15. The number of hydrogen-bond donors (Lipinski definition) is 2. The number of primary amides is 1. The Labute approximate surface area is 117 Å². The molecule has 0 aliphatic heterocycles. The zero-order valence-electron chi connectivity index (χ0n) is 10.9. The zero-order chi connectivity index (χ0) is 13.7. The van der Waals surface area contributed by atoms with E-state index in [0.717, 1.165) is 18.5 Å². The van der Waals surface area contributed by atoms with Crippen molar-refractivity contribution >= 4 is 17.2 Å². The van der Waals surface area contributed by atoms with Crippen LogP contribution in [0.1, 0.15) is 27.7 Å². The predicted octanol–water partition coefficient (Wildman–Crippen LogP) is 2.57. The number of carbonyl (C=O) groups excluding carboxylic acids is 1. The topological polar surface area (TPSA) is 55.1 Å². The van der Waals surface area contributed by atoms with Gasteiger partial charge in [0.05, 0.1) is 0 Å². The summed E-state index contributed by atoms with van der Waals surface area (Å²) in [6.07, 6.45) is 1.02. The van der Waals surface area contributed by atoms with Crippen LogP contribution in [-0.2, 0) is 13.0 Å². The summed E-state index contributed by atoms with van der Waals surface area (Å²) in [6, 6.07) is 12.1. The summed E-state index contributed by atoms with van der Waals surface area (Å²) >= 11 is 1.78. The lowest BCUT2D eigenvalue weighted by atomic mass is 10.1. The van der Waals surface area contributed by atoms with Gasteiger partial charge < -0.3 is 11.1 Å². The Hall–Kier alpha value is -1.65. The quantitative estimate of drug-likeness (QED) is 0.850. The predicted molar refractivity (Wildman–Crippen MR) is 79.3 cm³/mol. The average Bonchev–Trinajstić information content (AvgIpc) is 2.89. The van der Waals surface area contributed by atoms with Crippen LogP contribution in [0.4, 0.5) is 0 Å². The van der Waals surface area contributed by atoms with Gasteiger partial charge in [-0.1, -0.05) is 18.2 Å². The molecule has 0 bridgehead atoms. The molecule has 19 heavy (non-hydrogen) atoms. The molecule has 3 nitrogen and oxygen atoms in total. The van der Waals surface area contributed by atoms with Crippen molar-refractivity contribution in [3.8, 4) is 0 Å². The lowest BCUT2D eigenvalue weighted by Gasteiger charge is -2.13. The first-order valence-electron chi connectivity index (χ1n) is 6.29. The van der Waals surface area contributed by atoms with E-state index in [1.54, 1.807) is 17.4 Å². The van der Waals surface area contributed by atoms with E-state index in [-0.39, 0.29) is 5.91 Å². The van der Waals surface area contributed by atoms with Crippen LogP contribution in [0.15, 0.2) is 41.8 Å². The summed E-state index contributed by atoms with van der Waals surface area (Å²) in [5.41, 5.74) is 6.91. The molecule has 0 aliphatic rings. The van der Waals surface area contributed by atoms with E-state index in [2.05, 4.69) is 29.8 Å². The molecular formula is C15H18N2OS. The third-order valence-corrected chi connectivity index (χ3v) is 3.85. The lowest BCUT2D eigenvalue weighted by molar-refractivity contribution is 0.1000. The highest BCUT2D eigenvalue weighted by Crippen LogP contribution is 2.11. The van der Waals surface area contributed by atoms with E-state index in [1.165, 1.54) is 4.88 Å². The molecular weight excluding hydrogens is 256 g/mol. The summed E-state index contributed by atoms with van der Waals surface area (Å²) in [7, 11) is 0. The molecule has 2 rings (SSSR count). The van der Waals surface area contributed by atoms with Crippen molar-refractivity contribution in [1.82, 2.24) is 5.32 Å². The molecule has 2 aromatic rings. The van der Waals surface area contributed by atoms with E-state index < -0.39 is 0 Å². The van der Waals surface area contributed by atoms with Crippen molar-refractivity contribution in [1.29, 1.82) is 0 Å². The molecule has 0 aliphatic carbocycles. The van der Waals surface area contributed by atoms with Crippen LogP contribution in [0.3, 0.4) is 0 Å². The van der Waals surface area contributed by atoms with Crippen molar-refractivity contribution in [3.05, 3.63) is 57.8 Å². The van der Waals surface area contributed by atoms with Crippen LogP contribution >= 0.6 is 11.3 Å². The van der Waals surface area contributed by atoms with Crippen molar-refractivity contribution in [2.45, 2.75) is 25.9 Å². The lowest BCUT2D eigenvalue weighted by Crippen LogP contribution is -2.27. The molecule has 0 fully saturated rings. The molecule has 100 valence electrons. The Kier molecular flexibility index (Phi) is 4.71. The van der Waals surface area contributed by atoms with Crippen molar-refractivity contribution in [2.24, 2.45) is 5.73 Å². The number of rotatable bonds is 6. The van der Waals surface area contributed by atoms with E-state index in [0.29, 0.717) is 11.6 Å². The standard InChI is InChI=1S/C15H18N2OS/c1-11(8-14-6-3-7-19-14)17-10-12-4-2-5-13(9-12)15(16)18/h2-7,9,11,17H,8,10H2,1H3,(H2,16,18). The zero-order valence-corrected chi connectivity index (χ0v) is 11.7. The average molecular weight is 274 g/mol. The van der Waals surface area contributed by atoms with E-state index in [4.69, 9.17) is 5.73 Å². The van der Waals surface area contributed by atoms with Gasteiger partial charge in [-0.2, -0.15) is 0 Å². The van der Waals surface area contributed by atoms with Crippen LogP contribution in [0.2, 0.25) is 0 Å². The van der Waals surface area contributed by atoms with Crippen molar-refractivity contribution in [3.63, 3.8) is 0 Å². The van der Waals surface area contributed by atoms with Crippen LogP contribution in [0.25, 0.3) is 0 Å². The van der Waals surface area contributed by atoms with E-state index >= 15 is 0 Å². The van der Waals surface area contributed by atoms with Gasteiger partial charge in [-0.25, -0.2) is 0 Å². The number of nitrogens with two attached hydrogens (primary N) is 1. The van der Waals surface area contributed by atoms with Gasteiger partial charge in [0.25, 0.3) is 0 Å². The number of hydrogen-bond acceptors (Lipinski definition) is 3. The van der Waals surface area contributed by atoms with Crippen molar-refractivity contribution in [2.75, 3.05) is 0 Å². The Balaban J connectivity index is 1.88. The number of thiophene rings is 1. The number of nitrogens with one attached hydrogen (secondary N) is 1. The molecule has 1 amide bonds. The van der Waals surface area contributed by atoms with Crippen LogP contribution < -0.4 is 11.1 Å². The Morgan fingerprint density at radius 1 is 1.37 bits per heavy atom. The molecule has 1 atom stereocenters. The fraction of sp³-hybridized carbons (Fsp3) is 0.267. The van der Waals surface area contributed by atoms with Crippen molar-refractivity contribution < 1.29 is 4.79 Å². The third kappa shape index (κ3) is 4.19. The second-order valence-electron chi connectivity index (χ2n) is 4.63. The van der Waals surface area contributed by atoms with Crippen LogP contribution in [0.5, 0.6) is 0 Å². The molecule has 4 heteroatoms. The molecule has 1 unspecified atom stereocenters. The molecule has 0 saturated heterocycles. The molecule has 0 saturated carbocycles. The minimum atomic E-state index is -0.381. The minimum absolute atomic E-state index is 0.381. The van der Waals surface area contributed by atoms with E-state index in [9.17, 15) is 4.79 Å². The smallest absolute Gasteiger partial charge is 0.248 e. The Morgan fingerprint density at radius 2 is 2.21 bits per heavy atom. The maximum absolute atomic E-state index is 11.1. The summed E-state index contributed by atoms with van der Waals surface area (Å²) in [4.78, 5) is 12.5. The highest BCUT2D eigenvalue weighted by Gasteiger charge is 2.05. The van der Waals surface area contributed by atoms with E-state index in [1.807, 2.05) is 18.2 Å². The van der Waals surface area contributed by atoms with Gasteiger partial charge in [0, 0.05) is 23.0 Å². The number of amides is 1. The highest BCUT2D eigenvalue weighted by molar-refractivity contribution is 7.09. The van der Waals surface area contributed by atoms with Gasteiger partial charge >= 0.3 is 0 Å². The first-order valence-corrected chi connectivity index (χ1v) is 7.17. The number of benzene rings is 1. The largest absolute Gasteiger partial charge is 0.366 e. The molecule has 1 aromatic carbocycles. The third-order valence-electron chi connectivity index (χ3n) is 2.95. The second kappa shape index (κ2) is 6.50. The molecule has 1 aromatic heterocycles. The van der Waals surface area contributed by atoms with Gasteiger partial charge in [0.2, 0.25) is 5.91 Å². The maximum atomic E-state index is 11.1. The summed E-state index contributed by atoms with van der Waals surface area (Å²) in [5, 5.41) is 5.55. The molecule has 0 spiro atoms. The fourth-order valence-electron chi connectivity index (χ4n) is 1.93. The molecule has 1 heterocycles. The normalized spacial score (nSPS) is 12.3. The Morgan fingerprint density at radius 3 is 2.89 bits per heavy atom. The van der Waals surface area contributed by atoms with Gasteiger partial charge in [0.1, 0.15) is 0 Å². The highest BCUT2D eigenvalue weighted by atomic mass is 32.1. The minimum Gasteiger partial charge on any atom is -0.366 e. The molecule has 0 radical (unpaired) electrons. The fourth-order valence-corrected chi connectivity index (χ4v) is 2.76. The van der Waals surface area contributed by atoms with Crippen LogP contribution in [-0.4, -0.2) is 11.9 Å². The monoisotopic (exact) mass is 274 g/mol. The molecule has 3 N–H and O–H groups in total. The van der Waals surface area contributed by atoms with Gasteiger partial charge in [-0.3, -0.25) is 4.79 Å². The van der Waals surface area contributed by atoms with Gasteiger partial charge in [0.15, 0.2) is 0 Å². The summed E-state index contributed by atoms with van der Waals surface area (Å²) in [5.74, 6) is -0.381. The number of carbonyl (C=O) groups is 1.